The van der Waals surface area contributed by atoms with Crippen molar-refractivity contribution in [1.29, 1.82) is 0 Å². The monoisotopic (exact) mass is 238 g/mol. The van der Waals surface area contributed by atoms with Crippen molar-refractivity contribution in [2.75, 3.05) is 0 Å². The lowest BCUT2D eigenvalue weighted by Gasteiger charge is -2.11. The molecule has 92 valence electrons. The summed E-state index contributed by atoms with van der Waals surface area (Å²) >= 11 is 0. The van der Waals surface area contributed by atoms with Gasteiger partial charge in [0.05, 0.1) is 6.21 Å². The van der Waals surface area contributed by atoms with E-state index in [-0.39, 0.29) is 6.42 Å². The number of hydrogen-bond acceptors (Lipinski definition) is 6. The number of nitrogens with two attached hydrogens (primary N) is 1. The van der Waals surface area contributed by atoms with Gasteiger partial charge in [-0.1, -0.05) is 24.3 Å². The fraction of sp³-hybridized carbons (Fsp3) is 0.200. The third kappa shape index (κ3) is 4.19. The molecule has 1 aromatic rings. The van der Waals surface area contributed by atoms with Gasteiger partial charge >= 0.3 is 0 Å². The second-order valence-corrected chi connectivity index (χ2v) is 3.39. The zero-order valence-corrected chi connectivity index (χ0v) is 9.00. The van der Waals surface area contributed by atoms with Gasteiger partial charge in [-0.05, 0) is 17.5 Å². The van der Waals surface area contributed by atoms with Crippen molar-refractivity contribution in [2.24, 2.45) is 10.8 Å². The second-order valence-electron chi connectivity index (χ2n) is 3.39. The Morgan fingerprint density at radius 1 is 1.53 bits per heavy atom. The number of nitrogens with zero attached hydrogens (tertiary/aromatic N) is 1. The molecule has 0 heterocycles. The Balaban J connectivity index is 2.77. The summed E-state index contributed by atoms with van der Waals surface area (Å²) in [5.41, 5.74) is 10.1. The van der Waals surface area contributed by atoms with Crippen LogP contribution in [0, 0.1) is 0 Å². The minimum Gasteiger partial charge on any atom is -0.368 e. The number of benzene rings is 1. The molecule has 1 atom stereocenters. The van der Waals surface area contributed by atoms with Crippen molar-refractivity contribution in [2.45, 2.75) is 12.5 Å². The Labute approximate surface area is 97.9 Å². The van der Waals surface area contributed by atoms with Gasteiger partial charge in [-0.2, -0.15) is 16.2 Å². The van der Waals surface area contributed by atoms with Crippen molar-refractivity contribution in [3.05, 3.63) is 35.4 Å². The first-order valence-corrected chi connectivity index (χ1v) is 4.87. The minimum atomic E-state index is -0.835. The minimum absolute atomic E-state index is 0.264. The smallest absolute Gasteiger partial charge is 0.237 e. The maximum absolute atomic E-state index is 10.9. The van der Waals surface area contributed by atoms with E-state index in [1.54, 1.807) is 29.9 Å². The predicted octanol–water partition coefficient (Wildman–Crippen LogP) is -0.625. The molecule has 0 bridgehead atoms. The van der Waals surface area contributed by atoms with Gasteiger partial charge in [0.1, 0.15) is 6.04 Å². The highest BCUT2D eigenvalue weighted by atomic mass is 16.5. The summed E-state index contributed by atoms with van der Waals surface area (Å²) in [6, 6.07) is 6.25. The molecule has 0 aromatic heterocycles. The van der Waals surface area contributed by atoms with Gasteiger partial charge in [0.2, 0.25) is 5.91 Å². The molecule has 1 amide bonds. The van der Waals surface area contributed by atoms with Crippen LogP contribution in [0.4, 0.5) is 0 Å². The summed E-state index contributed by atoms with van der Waals surface area (Å²) in [7, 11) is 0. The van der Waals surface area contributed by atoms with E-state index in [4.69, 9.17) is 16.1 Å². The number of carbonyl (C=O) groups is 1. The maximum Gasteiger partial charge on any atom is 0.237 e. The molecule has 1 aromatic carbocycles. The van der Waals surface area contributed by atoms with E-state index < -0.39 is 11.9 Å². The quantitative estimate of drug-likeness (QED) is 0.334. The van der Waals surface area contributed by atoms with Crippen LogP contribution in [0.25, 0.3) is 0 Å². The summed E-state index contributed by atoms with van der Waals surface area (Å²) in [4.78, 5) is 10.9. The van der Waals surface area contributed by atoms with Crippen molar-refractivity contribution in [1.82, 2.24) is 11.1 Å². The van der Waals surface area contributed by atoms with Crippen LogP contribution >= 0.6 is 0 Å². The zero-order chi connectivity index (χ0) is 12.7. The SMILES string of the molecule is NC(=O)[C@@H](Cc1cccc(C=NNO)c1)NO. The molecule has 17 heavy (non-hydrogen) atoms. The van der Waals surface area contributed by atoms with Crippen molar-refractivity contribution < 1.29 is 15.2 Å². The van der Waals surface area contributed by atoms with E-state index in [9.17, 15) is 4.79 Å². The van der Waals surface area contributed by atoms with E-state index in [1.807, 2.05) is 5.48 Å². The highest BCUT2D eigenvalue weighted by molar-refractivity contribution is 5.81. The fourth-order valence-electron chi connectivity index (χ4n) is 1.35. The third-order valence-electron chi connectivity index (χ3n) is 2.16. The van der Waals surface area contributed by atoms with E-state index in [0.29, 0.717) is 0 Å². The molecular formula is C10H14N4O3. The number of hydroxylamine groups is 1. The van der Waals surface area contributed by atoms with Gasteiger partial charge in [-0.15, -0.1) is 0 Å². The molecule has 0 radical (unpaired) electrons. The largest absolute Gasteiger partial charge is 0.368 e. The van der Waals surface area contributed by atoms with Gasteiger partial charge in [-0.3, -0.25) is 10.0 Å². The summed E-state index contributed by atoms with van der Waals surface area (Å²) in [6.45, 7) is 0. The molecule has 7 heteroatoms. The molecule has 0 aliphatic rings. The molecule has 0 saturated heterocycles. The number of nitrogens with one attached hydrogen (secondary N) is 2. The van der Waals surface area contributed by atoms with Gasteiger partial charge in [-0.25, -0.2) is 0 Å². The lowest BCUT2D eigenvalue weighted by molar-refractivity contribution is -0.122. The van der Waals surface area contributed by atoms with Gasteiger partial charge in [0.25, 0.3) is 0 Å². The number of hydrogen-bond donors (Lipinski definition) is 5. The number of hydrazone groups is 1. The number of rotatable bonds is 6. The normalized spacial score (nSPS) is 12.6. The van der Waals surface area contributed by atoms with E-state index in [1.165, 1.54) is 6.21 Å². The van der Waals surface area contributed by atoms with Crippen LogP contribution in [-0.4, -0.2) is 28.6 Å². The Bertz CT molecular complexity index is 408. The van der Waals surface area contributed by atoms with E-state index in [0.717, 1.165) is 11.1 Å². The molecule has 6 N–H and O–H groups in total. The second kappa shape index (κ2) is 6.59. The first-order valence-electron chi connectivity index (χ1n) is 4.87. The first-order chi connectivity index (χ1) is 8.17. The molecule has 0 aliphatic heterocycles. The van der Waals surface area contributed by atoms with Crippen LogP contribution < -0.4 is 16.8 Å². The average molecular weight is 238 g/mol. The first kappa shape index (κ1) is 13.1. The summed E-state index contributed by atoms with van der Waals surface area (Å²) in [6.07, 6.45) is 1.68. The Morgan fingerprint density at radius 2 is 2.29 bits per heavy atom. The zero-order valence-electron chi connectivity index (χ0n) is 9.00. The lowest BCUT2D eigenvalue weighted by atomic mass is 10.0. The topological polar surface area (TPSA) is 120 Å². The Hall–Kier alpha value is -1.96. The summed E-state index contributed by atoms with van der Waals surface area (Å²) < 4.78 is 0. The van der Waals surface area contributed by atoms with Gasteiger partial charge in [0, 0.05) is 0 Å². The lowest BCUT2D eigenvalue weighted by Crippen LogP contribution is -2.41. The van der Waals surface area contributed by atoms with Crippen molar-refractivity contribution in [3.63, 3.8) is 0 Å². The number of carbonyl (C=O) groups excluding carboxylic acids is 1. The van der Waals surface area contributed by atoms with Crippen LogP contribution in [-0.2, 0) is 11.2 Å². The Kier molecular flexibility index (Phi) is 5.08. The molecular weight excluding hydrogens is 224 g/mol. The number of primary amides is 1. The van der Waals surface area contributed by atoms with Crippen LogP contribution in [0.2, 0.25) is 0 Å². The molecule has 0 unspecified atom stereocenters. The standard InChI is InChI=1S/C10H14N4O3/c11-10(15)9(13-16)5-7-2-1-3-8(4-7)6-12-14-17/h1-4,6,9,13-14,16-17H,5H2,(H2,11,15)/t9-/m1/s1. The van der Waals surface area contributed by atoms with Gasteiger partial charge < -0.3 is 10.9 Å². The maximum atomic E-state index is 10.9. The van der Waals surface area contributed by atoms with Gasteiger partial charge in [0.15, 0.2) is 0 Å². The van der Waals surface area contributed by atoms with E-state index in [2.05, 4.69) is 5.10 Å². The number of amides is 1. The summed E-state index contributed by atoms with van der Waals surface area (Å²) in [5.74, 6) is -0.636. The fourth-order valence-corrected chi connectivity index (χ4v) is 1.35. The van der Waals surface area contributed by atoms with E-state index >= 15 is 0 Å². The molecule has 0 spiro atoms. The highest BCUT2D eigenvalue weighted by Crippen LogP contribution is 2.06. The van der Waals surface area contributed by atoms with Crippen LogP contribution in [0.1, 0.15) is 11.1 Å². The average Bonchev–Trinajstić information content (AvgIpc) is 2.33. The third-order valence-corrected chi connectivity index (χ3v) is 2.16. The highest BCUT2D eigenvalue weighted by Gasteiger charge is 2.14. The molecule has 0 aliphatic carbocycles. The Morgan fingerprint density at radius 3 is 2.88 bits per heavy atom. The summed E-state index contributed by atoms with van der Waals surface area (Å²) in [5, 5.41) is 20.5. The van der Waals surface area contributed by atoms with Crippen LogP contribution in [0.3, 0.4) is 0 Å². The molecule has 7 nitrogen and oxygen atoms in total. The molecule has 1 rings (SSSR count). The van der Waals surface area contributed by atoms with Crippen LogP contribution in [0.5, 0.6) is 0 Å². The molecule has 0 fully saturated rings. The van der Waals surface area contributed by atoms with Crippen molar-refractivity contribution in [3.8, 4) is 0 Å². The van der Waals surface area contributed by atoms with Crippen molar-refractivity contribution >= 4 is 12.1 Å². The molecule has 0 saturated carbocycles. The van der Waals surface area contributed by atoms with Crippen LogP contribution in [0.15, 0.2) is 29.4 Å². The predicted molar refractivity (Wildman–Crippen MR) is 60.6 cm³/mol.